The number of unbranched alkanes of at least 4 members (excludes halogenated alkanes) is 2. The van der Waals surface area contributed by atoms with E-state index in [2.05, 4.69) is 62.6 Å². The zero-order chi connectivity index (χ0) is 50.9. The van der Waals surface area contributed by atoms with Crippen molar-refractivity contribution in [2.45, 2.75) is 186 Å². The van der Waals surface area contributed by atoms with Crippen molar-refractivity contribution < 1.29 is 48.0 Å². The van der Waals surface area contributed by atoms with E-state index >= 15 is 0 Å². The Morgan fingerprint density at radius 3 is 2.16 bits per heavy atom. The third-order valence-electron chi connectivity index (χ3n) is 16.4. The number of nitrogens with two attached hydrogens (primary N) is 2. The molecular weight excluding hydrogens is 886 g/mol. The number of Topliss-reactive ketones (excluding diaryl/α,β-unsaturated/α-hetero) is 3. The highest BCUT2D eigenvalue weighted by molar-refractivity contribution is 6.98. The number of amides is 3. The zero-order valence-electron chi connectivity index (χ0n) is 42.5. The molecule has 0 radical (unpaired) electrons. The number of aliphatic hydroxyl groups is 1. The van der Waals surface area contributed by atoms with Gasteiger partial charge < -0.3 is 41.3 Å². The third-order valence-corrected chi connectivity index (χ3v) is 16.4. The summed E-state index contributed by atoms with van der Waals surface area (Å²) >= 11 is 0. The number of hydrogen-bond acceptors (Lipinski definition) is 11. The Bertz CT molecular complexity index is 2190. The summed E-state index contributed by atoms with van der Waals surface area (Å²) in [5.74, 6) is -3.83. The molecule has 2 unspecified atom stereocenters. The molecule has 5 aliphatic rings. The van der Waals surface area contributed by atoms with Gasteiger partial charge in [0, 0.05) is 43.1 Å². The minimum atomic E-state index is -1.39. The molecule has 3 saturated carbocycles. The average Bonchev–Trinajstić information content (AvgIpc) is 3.96. The fraction of sp³-hybridized carbons (Fsp3) is 0.648. The molecule has 10 atom stereocenters. The highest BCUT2D eigenvalue weighted by atomic mass is 16.7. The molecule has 3 amide bonds. The number of rotatable bonds is 28. The first-order chi connectivity index (χ1) is 33.3. The van der Waals surface area contributed by atoms with Crippen molar-refractivity contribution in [3.05, 3.63) is 59.7 Å². The molecule has 14 nitrogen and oxygen atoms in total. The fourth-order valence-corrected chi connectivity index (χ4v) is 11.9. The van der Waals surface area contributed by atoms with Crippen molar-refractivity contribution in [2.24, 2.45) is 40.6 Å². The summed E-state index contributed by atoms with van der Waals surface area (Å²) in [6.07, 6.45) is 7.04. The lowest BCUT2D eigenvalue weighted by Crippen LogP contribution is -2.65. The molecule has 2 aromatic rings. The van der Waals surface area contributed by atoms with Crippen LogP contribution in [0.5, 0.6) is 0 Å². The second kappa shape index (κ2) is 24.3. The lowest BCUT2D eigenvalue weighted by molar-refractivity contribution is -0.199. The molecule has 0 aromatic heterocycles. The Balaban J connectivity index is 0.996. The van der Waals surface area contributed by atoms with Gasteiger partial charge in [-0.25, -0.2) is 0 Å². The fourth-order valence-electron chi connectivity index (χ4n) is 11.9. The van der Waals surface area contributed by atoms with Gasteiger partial charge in [-0.05, 0) is 105 Å². The van der Waals surface area contributed by atoms with Crippen LogP contribution in [0.25, 0.3) is 11.1 Å². The number of nitrogens with one attached hydrogen (secondary N) is 2. The summed E-state index contributed by atoms with van der Waals surface area (Å²) in [6.45, 7) is 11.6. The van der Waals surface area contributed by atoms with Gasteiger partial charge >= 0.3 is 7.12 Å². The van der Waals surface area contributed by atoms with Crippen LogP contribution in [0.2, 0.25) is 12.0 Å². The molecular formula is C54H78B2N4O10. The van der Waals surface area contributed by atoms with Gasteiger partial charge in [-0.3, -0.25) is 28.8 Å². The van der Waals surface area contributed by atoms with Crippen LogP contribution in [0.4, 0.5) is 0 Å². The van der Waals surface area contributed by atoms with Crippen molar-refractivity contribution in [3.8, 4) is 11.1 Å². The SMILES string of the molecule is CCCCc1ccc(-c2ccc(C(=O)CCCC(=O)C[C@@H](CCCCN)C(=O)N[C@H](C(=O)C[C@@H](C)C(=O)N[C@@H](CC(N)=O)C(=O)B3CCC[C@H]3B3OC4C[C@@H]5C[C@@H](C5(C)C)[C@]4(C)O3)C(C)O)cc2)cc1. The minimum absolute atomic E-state index is 0.0572. The van der Waals surface area contributed by atoms with Crippen molar-refractivity contribution in [2.75, 3.05) is 6.54 Å². The Kier molecular flexibility index (Phi) is 19.0. The van der Waals surface area contributed by atoms with Crippen molar-refractivity contribution >= 4 is 54.6 Å². The first kappa shape index (κ1) is 54.8. The number of benzene rings is 2. The predicted molar refractivity (Wildman–Crippen MR) is 271 cm³/mol. The molecule has 16 heteroatoms. The van der Waals surface area contributed by atoms with Gasteiger partial charge in [-0.2, -0.15) is 0 Å². The summed E-state index contributed by atoms with van der Waals surface area (Å²) in [7, 11) is -0.580. The Labute approximate surface area is 415 Å². The molecule has 5 fully saturated rings. The van der Waals surface area contributed by atoms with Gasteiger partial charge in [0.15, 0.2) is 11.6 Å². The lowest BCUT2D eigenvalue weighted by Gasteiger charge is -2.64. The molecule has 380 valence electrons. The molecule has 7 N–H and O–H groups in total. The quantitative estimate of drug-likeness (QED) is 0.0346. The summed E-state index contributed by atoms with van der Waals surface area (Å²) < 4.78 is 13.3. The van der Waals surface area contributed by atoms with Crippen LogP contribution in [0.15, 0.2) is 48.5 Å². The number of carbonyl (C=O) groups excluding carboxylic acids is 7. The van der Waals surface area contributed by atoms with Gasteiger partial charge in [0.25, 0.3) is 0 Å². The molecule has 7 rings (SSSR count). The summed E-state index contributed by atoms with van der Waals surface area (Å²) in [5, 5.41) is 16.1. The van der Waals surface area contributed by atoms with Crippen molar-refractivity contribution in [1.82, 2.24) is 10.6 Å². The van der Waals surface area contributed by atoms with Gasteiger partial charge in [-0.15, -0.1) is 0 Å². The van der Waals surface area contributed by atoms with Crippen molar-refractivity contribution in [3.63, 3.8) is 0 Å². The number of ketones is 3. The zero-order valence-corrected chi connectivity index (χ0v) is 42.5. The lowest BCUT2D eigenvalue weighted by atomic mass is 9.30. The second-order valence-corrected chi connectivity index (χ2v) is 21.8. The first-order valence-corrected chi connectivity index (χ1v) is 26.2. The second-order valence-electron chi connectivity index (χ2n) is 21.8. The maximum Gasteiger partial charge on any atom is 0.453 e. The topological polar surface area (TPSA) is 234 Å². The Morgan fingerprint density at radius 1 is 0.843 bits per heavy atom. The molecule has 2 aliphatic heterocycles. The standard InChI is InChI=1S/C54H78B2N4O10/c1-7-8-13-35-18-20-36(21-19-35)37-22-24-38(25-23-37)43(63)16-11-15-41(62)29-39(14-9-10-27-57)52(68)60-49(34(3)61)44(64)28-33(2)51(67)59-42(32-48(58)65)50(66)55-26-12-17-47(55)56-69-46-31-40-30-45(53(40,4)5)54(46,6)70-56/h18-25,33-34,39-40,42,45-47,49,61H,7-17,26-32,57H2,1-6H3,(H2,58,65)(H,59,67)(H,60,68)/t33-,34?,39-,40+,42+,45+,46?,47-,49+,54+/m1/s1. The summed E-state index contributed by atoms with van der Waals surface area (Å²) in [6, 6.07) is 13.3. The summed E-state index contributed by atoms with van der Waals surface area (Å²) in [5.41, 5.74) is 14.4. The van der Waals surface area contributed by atoms with Crippen LogP contribution >= 0.6 is 0 Å². The van der Waals surface area contributed by atoms with E-state index in [4.69, 9.17) is 20.8 Å². The monoisotopic (exact) mass is 965 g/mol. The molecule has 2 heterocycles. The van der Waals surface area contributed by atoms with Gasteiger partial charge in [0.1, 0.15) is 17.5 Å². The smallest absolute Gasteiger partial charge is 0.406 e. The largest absolute Gasteiger partial charge is 0.453 e. The van der Waals surface area contributed by atoms with Crippen LogP contribution in [-0.2, 0) is 44.5 Å². The van der Waals surface area contributed by atoms with E-state index in [9.17, 15) is 38.7 Å². The molecule has 0 spiro atoms. The van der Waals surface area contributed by atoms with Gasteiger partial charge in [-0.1, -0.05) is 108 Å². The predicted octanol–water partition coefficient (Wildman–Crippen LogP) is 6.61. The Hall–Kier alpha value is -4.50. The number of primary amides is 1. The van der Waals surface area contributed by atoms with E-state index in [-0.39, 0.29) is 53.7 Å². The van der Waals surface area contributed by atoms with E-state index in [1.165, 1.54) is 19.4 Å². The van der Waals surface area contributed by atoms with E-state index < -0.39 is 85.8 Å². The van der Waals surface area contributed by atoms with Gasteiger partial charge in [0.2, 0.25) is 24.4 Å². The van der Waals surface area contributed by atoms with E-state index in [0.29, 0.717) is 62.4 Å². The number of carbonyl (C=O) groups is 7. The minimum Gasteiger partial charge on any atom is -0.406 e. The highest BCUT2D eigenvalue weighted by Crippen LogP contribution is 2.66. The maximum absolute atomic E-state index is 14.3. The van der Waals surface area contributed by atoms with Gasteiger partial charge in [0.05, 0.1) is 30.3 Å². The van der Waals surface area contributed by atoms with E-state index in [0.717, 1.165) is 49.7 Å². The first-order valence-electron chi connectivity index (χ1n) is 26.2. The van der Waals surface area contributed by atoms with Crippen LogP contribution in [-0.4, -0.2) is 96.1 Å². The number of aliphatic hydroxyl groups excluding tert-OH is 1. The van der Waals surface area contributed by atoms with Crippen LogP contribution < -0.4 is 22.1 Å². The van der Waals surface area contributed by atoms with Crippen LogP contribution in [0.1, 0.15) is 154 Å². The molecule has 2 saturated heterocycles. The third kappa shape index (κ3) is 13.1. The molecule has 2 aromatic carbocycles. The Morgan fingerprint density at radius 2 is 1.53 bits per heavy atom. The number of aryl methyl sites for hydroxylation is 1. The maximum atomic E-state index is 14.3. The normalized spacial score (nSPS) is 24.3. The molecule has 3 aliphatic carbocycles. The van der Waals surface area contributed by atoms with E-state index in [1.54, 1.807) is 12.1 Å². The van der Waals surface area contributed by atoms with E-state index in [1.807, 2.05) is 12.1 Å². The highest BCUT2D eigenvalue weighted by Gasteiger charge is 2.69. The van der Waals surface area contributed by atoms with Crippen LogP contribution in [0, 0.1) is 29.1 Å². The summed E-state index contributed by atoms with van der Waals surface area (Å²) in [4.78, 5) is 94.2. The average molecular weight is 965 g/mol. The van der Waals surface area contributed by atoms with Crippen molar-refractivity contribution in [1.29, 1.82) is 0 Å². The molecule has 70 heavy (non-hydrogen) atoms. The van der Waals surface area contributed by atoms with Crippen LogP contribution in [0.3, 0.4) is 0 Å². The number of hydrogen-bond donors (Lipinski definition) is 5. The molecule has 2 bridgehead atoms.